The van der Waals surface area contributed by atoms with Gasteiger partial charge in [-0.2, -0.15) is 0 Å². The minimum atomic E-state index is -0.693. The quantitative estimate of drug-likeness (QED) is 0.766. The molecule has 1 heterocycles. The highest BCUT2D eigenvalue weighted by Gasteiger charge is 2.24. The first-order chi connectivity index (χ1) is 12.6. The Morgan fingerprint density at radius 1 is 1.11 bits per heavy atom. The summed E-state index contributed by atoms with van der Waals surface area (Å²) in [5, 5.41) is 9.22. The van der Waals surface area contributed by atoms with Crippen molar-refractivity contribution >= 4 is 23.9 Å². The molecule has 3 rings (SSSR count). The van der Waals surface area contributed by atoms with Crippen LogP contribution in [-0.2, 0) is 4.79 Å². The van der Waals surface area contributed by atoms with Gasteiger partial charge in [-0.1, -0.05) is 48.5 Å². The van der Waals surface area contributed by atoms with E-state index in [0.29, 0.717) is 6.54 Å². The van der Waals surface area contributed by atoms with Gasteiger partial charge in [-0.05, 0) is 54.6 Å². The lowest BCUT2D eigenvalue weighted by Crippen LogP contribution is -2.39. The second-order valence-electron chi connectivity index (χ2n) is 6.76. The van der Waals surface area contributed by atoms with Crippen LogP contribution >= 0.6 is 12.4 Å². The van der Waals surface area contributed by atoms with Gasteiger partial charge in [-0.15, -0.1) is 12.4 Å². The minimum Gasteiger partial charge on any atom is -0.481 e. The zero-order valence-electron chi connectivity index (χ0n) is 15.2. The van der Waals surface area contributed by atoms with Crippen LogP contribution in [0.2, 0.25) is 0 Å². The van der Waals surface area contributed by atoms with Crippen molar-refractivity contribution in [3.05, 3.63) is 77.6 Å². The molecule has 1 saturated heterocycles. The number of rotatable bonds is 6. The van der Waals surface area contributed by atoms with Gasteiger partial charge in [-0.25, -0.2) is 4.39 Å². The minimum absolute atomic E-state index is 0. The van der Waals surface area contributed by atoms with E-state index in [4.69, 9.17) is 0 Å². The van der Waals surface area contributed by atoms with Crippen LogP contribution in [0.1, 0.15) is 30.4 Å². The van der Waals surface area contributed by atoms with Crippen molar-refractivity contribution < 1.29 is 14.3 Å². The van der Waals surface area contributed by atoms with Crippen molar-refractivity contribution in [2.75, 3.05) is 19.6 Å². The summed E-state index contributed by atoms with van der Waals surface area (Å²) in [4.78, 5) is 13.4. The monoisotopic (exact) mass is 389 g/mol. The van der Waals surface area contributed by atoms with E-state index < -0.39 is 5.97 Å². The molecule has 5 heteroatoms. The maximum Gasteiger partial charge on any atom is 0.307 e. The number of hydrogen-bond donors (Lipinski definition) is 1. The Morgan fingerprint density at radius 3 is 2.44 bits per heavy atom. The molecule has 0 saturated carbocycles. The first-order valence-electron chi connectivity index (χ1n) is 9.10. The first-order valence-corrected chi connectivity index (χ1v) is 9.10. The van der Waals surface area contributed by atoms with Crippen molar-refractivity contribution in [2.45, 2.75) is 19.3 Å². The number of aliphatic carboxylic acids is 1. The second kappa shape index (κ2) is 10.2. The maximum atomic E-state index is 13.3. The van der Waals surface area contributed by atoms with E-state index >= 15 is 0 Å². The van der Waals surface area contributed by atoms with Crippen LogP contribution in [0.3, 0.4) is 0 Å². The molecule has 1 fully saturated rings. The first kappa shape index (κ1) is 21.1. The van der Waals surface area contributed by atoms with Crippen molar-refractivity contribution in [1.82, 2.24) is 4.90 Å². The molecule has 1 unspecified atom stereocenters. The molecule has 0 radical (unpaired) electrons. The second-order valence-corrected chi connectivity index (χ2v) is 6.76. The summed E-state index contributed by atoms with van der Waals surface area (Å²) in [6.45, 7) is 2.41. The van der Waals surface area contributed by atoms with Gasteiger partial charge in [0.25, 0.3) is 0 Å². The van der Waals surface area contributed by atoms with Crippen LogP contribution in [0.15, 0.2) is 60.7 Å². The summed E-state index contributed by atoms with van der Waals surface area (Å²) in [6, 6.07) is 16.6. The van der Waals surface area contributed by atoms with E-state index in [0.717, 1.165) is 49.1 Å². The molecule has 0 amide bonds. The lowest BCUT2D eigenvalue weighted by molar-refractivity contribution is -0.143. The average molecular weight is 390 g/mol. The van der Waals surface area contributed by atoms with Crippen molar-refractivity contribution in [1.29, 1.82) is 0 Å². The highest BCUT2D eigenvalue weighted by atomic mass is 35.5. The van der Waals surface area contributed by atoms with Gasteiger partial charge >= 0.3 is 5.97 Å². The fourth-order valence-corrected chi connectivity index (χ4v) is 3.50. The fourth-order valence-electron chi connectivity index (χ4n) is 3.50. The standard InChI is InChI=1S/C22H24FNO2.ClH/c23-20-12-10-18(11-13-20)21(17-6-2-1-3-7-17)9-5-15-24-14-4-8-19(16-24)22(25)26;/h1-3,6-7,9-13,19H,4-5,8,14-16H2,(H,25,26);1H/b21-9+;. The summed E-state index contributed by atoms with van der Waals surface area (Å²) in [7, 11) is 0. The third-order valence-corrected chi connectivity index (χ3v) is 4.89. The normalized spacial score (nSPS) is 18.0. The molecule has 1 N–H and O–H groups in total. The Labute approximate surface area is 165 Å². The Morgan fingerprint density at radius 2 is 1.78 bits per heavy atom. The van der Waals surface area contributed by atoms with E-state index in [-0.39, 0.29) is 24.1 Å². The summed E-state index contributed by atoms with van der Waals surface area (Å²) in [5.74, 6) is -1.19. The van der Waals surface area contributed by atoms with Gasteiger partial charge in [-0.3, -0.25) is 4.79 Å². The number of likely N-dealkylation sites (tertiary alicyclic amines) is 1. The molecule has 2 aromatic carbocycles. The number of carboxylic acids is 1. The highest BCUT2D eigenvalue weighted by molar-refractivity contribution is 5.85. The van der Waals surface area contributed by atoms with E-state index in [9.17, 15) is 14.3 Å². The SMILES string of the molecule is Cl.O=C(O)C1CCCN(CC/C=C(\c2ccccc2)c2ccc(F)cc2)C1. The van der Waals surface area contributed by atoms with Crippen LogP contribution in [0.25, 0.3) is 5.57 Å². The molecule has 0 aliphatic carbocycles. The van der Waals surface area contributed by atoms with Crippen molar-refractivity contribution in [2.24, 2.45) is 5.92 Å². The number of carboxylic acid groups (broad SMARTS) is 1. The van der Waals surface area contributed by atoms with Crippen LogP contribution in [0.4, 0.5) is 4.39 Å². The molecule has 1 atom stereocenters. The number of carbonyl (C=O) groups is 1. The van der Waals surface area contributed by atoms with Gasteiger partial charge < -0.3 is 10.0 Å². The third-order valence-electron chi connectivity index (χ3n) is 4.89. The van der Waals surface area contributed by atoms with E-state index in [1.807, 2.05) is 18.2 Å². The molecule has 0 aromatic heterocycles. The van der Waals surface area contributed by atoms with Crippen molar-refractivity contribution in [3.63, 3.8) is 0 Å². The molecule has 2 aromatic rings. The van der Waals surface area contributed by atoms with E-state index in [1.165, 1.54) is 12.1 Å². The summed E-state index contributed by atoms with van der Waals surface area (Å²) >= 11 is 0. The van der Waals surface area contributed by atoms with Gasteiger partial charge in [0, 0.05) is 13.1 Å². The third kappa shape index (κ3) is 5.91. The topological polar surface area (TPSA) is 40.5 Å². The maximum absolute atomic E-state index is 13.3. The number of halogens is 2. The zero-order valence-corrected chi connectivity index (χ0v) is 16.0. The number of piperidine rings is 1. The number of hydrogen-bond acceptors (Lipinski definition) is 2. The Kier molecular flexibility index (Phi) is 8.01. The van der Waals surface area contributed by atoms with Crippen LogP contribution < -0.4 is 0 Å². The summed E-state index contributed by atoms with van der Waals surface area (Å²) in [5.41, 5.74) is 3.17. The molecule has 0 spiro atoms. The lowest BCUT2D eigenvalue weighted by Gasteiger charge is -2.30. The molecule has 3 nitrogen and oxygen atoms in total. The smallest absolute Gasteiger partial charge is 0.307 e. The molecule has 1 aliphatic heterocycles. The van der Waals surface area contributed by atoms with Gasteiger partial charge in [0.2, 0.25) is 0 Å². The predicted molar refractivity (Wildman–Crippen MR) is 109 cm³/mol. The Balaban J connectivity index is 0.00000261. The Bertz CT molecular complexity index is 762. The fraction of sp³-hybridized carbons (Fsp3) is 0.318. The molecule has 0 bridgehead atoms. The number of benzene rings is 2. The van der Waals surface area contributed by atoms with Gasteiger partial charge in [0.15, 0.2) is 0 Å². The van der Waals surface area contributed by atoms with E-state index in [2.05, 4.69) is 23.1 Å². The predicted octanol–water partition coefficient (Wildman–Crippen LogP) is 4.87. The van der Waals surface area contributed by atoms with Crippen LogP contribution in [0, 0.1) is 11.7 Å². The molecule has 144 valence electrons. The van der Waals surface area contributed by atoms with Crippen molar-refractivity contribution in [3.8, 4) is 0 Å². The summed E-state index contributed by atoms with van der Waals surface area (Å²) in [6.07, 6.45) is 4.71. The van der Waals surface area contributed by atoms with E-state index in [1.54, 1.807) is 12.1 Å². The molecular formula is C22H25ClFNO2. The van der Waals surface area contributed by atoms with Gasteiger partial charge in [0.1, 0.15) is 5.82 Å². The lowest BCUT2D eigenvalue weighted by atomic mass is 9.96. The van der Waals surface area contributed by atoms with Gasteiger partial charge in [0.05, 0.1) is 5.92 Å². The Hall–Kier alpha value is -2.17. The molecule has 27 heavy (non-hydrogen) atoms. The van der Waals surface area contributed by atoms with Crippen LogP contribution in [0.5, 0.6) is 0 Å². The molecule has 1 aliphatic rings. The number of nitrogens with zero attached hydrogens (tertiary/aromatic N) is 1. The van der Waals surface area contributed by atoms with Crippen LogP contribution in [-0.4, -0.2) is 35.6 Å². The summed E-state index contributed by atoms with van der Waals surface area (Å²) < 4.78 is 13.3. The average Bonchev–Trinajstić information content (AvgIpc) is 2.67. The molecular weight excluding hydrogens is 365 g/mol. The highest BCUT2D eigenvalue weighted by Crippen LogP contribution is 2.25. The zero-order chi connectivity index (χ0) is 18.4. The largest absolute Gasteiger partial charge is 0.481 e.